The van der Waals surface area contributed by atoms with Gasteiger partial charge in [-0.1, -0.05) is 57.8 Å². The zero-order chi connectivity index (χ0) is 14.5. The summed E-state index contributed by atoms with van der Waals surface area (Å²) in [5.74, 6) is 2.32. The summed E-state index contributed by atoms with van der Waals surface area (Å²) >= 11 is 0. The number of rotatable bonds is 1. The molecular weight excluding hydrogens is 260 g/mol. The van der Waals surface area contributed by atoms with Gasteiger partial charge in [0.2, 0.25) is 0 Å². The van der Waals surface area contributed by atoms with Crippen LogP contribution < -0.4 is 0 Å². The molecule has 2 nitrogen and oxygen atoms in total. The molecule has 2 heteroatoms. The first-order valence-corrected chi connectivity index (χ1v) is 9.32. The highest BCUT2D eigenvalue weighted by atomic mass is 16.5. The average molecular weight is 292 g/mol. The number of fused-ring (bicyclic) bond motifs is 2. The van der Waals surface area contributed by atoms with E-state index in [2.05, 4.69) is 6.08 Å². The molecule has 2 saturated carbocycles. The lowest BCUT2D eigenvalue weighted by Crippen LogP contribution is -2.41. The monoisotopic (exact) mass is 292 g/mol. The highest BCUT2D eigenvalue weighted by molar-refractivity contribution is 5.15. The predicted molar refractivity (Wildman–Crippen MR) is 86.0 cm³/mol. The Morgan fingerprint density at radius 2 is 1.48 bits per heavy atom. The molecule has 3 rings (SSSR count). The Labute approximate surface area is 130 Å². The SMILES string of the molecule is OC1(C2=CCCO2)C[C@@H]2CCCCCCCCC[C@H](C2)C1. The van der Waals surface area contributed by atoms with Crippen LogP contribution in [0.5, 0.6) is 0 Å². The fourth-order valence-electron chi connectivity index (χ4n) is 4.81. The normalized spacial score (nSPS) is 38.8. The molecule has 2 aliphatic carbocycles. The first kappa shape index (κ1) is 15.4. The van der Waals surface area contributed by atoms with Gasteiger partial charge in [-0.15, -0.1) is 0 Å². The molecule has 120 valence electrons. The van der Waals surface area contributed by atoms with E-state index in [0.29, 0.717) is 11.8 Å². The lowest BCUT2D eigenvalue weighted by molar-refractivity contribution is -0.0478. The maximum absolute atomic E-state index is 11.2. The third-order valence-electron chi connectivity index (χ3n) is 5.81. The molecule has 1 aliphatic heterocycles. The van der Waals surface area contributed by atoms with Crippen molar-refractivity contribution >= 4 is 0 Å². The second-order valence-corrected chi connectivity index (χ2v) is 7.67. The van der Waals surface area contributed by atoms with Crippen molar-refractivity contribution in [3.05, 3.63) is 11.8 Å². The zero-order valence-electron chi connectivity index (χ0n) is 13.5. The van der Waals surface area contributed by atoms with Crippen molar-refractivity contribution in [2.75, 3.05) is 6.61 Å². The fraction of sp³-hybridized carbons (Fsp3) is 0.895. The summed E-state index contributed by atoms with van der Waals surface area (Å²) in [6.45, 7) is 0.771. The molecule has 21 heavy (non-hydrogen) atoms. The van der Waals surface area contributed by atoms with Gasteiger partial charge in [-0.25, -0.2) is 0 Å². The van der Waals surface area contributed by atoms with Crippen molar-refractivity contribution in [3.8, 4) is 0 Å². The number of aliphatic hydroxyl groups is 1. The van der Waals surface area contributed by atoms with Crippen molar-refractivity contribution in [1.29, 1.82) is 0 Å². The van der Waals surface area contributed by atoms with E-state index in [1.165, 1.54) is 64.2 Å². The van der Waals surface area contributed by atoms with Gasteiger partial charge in [-0.05, 0) is 37.2 Å². The molecule has 0 aromatic rings. The smallest absolute Gasteiger partial charge is 0.124 e. The molecule has 0 aromatic carbocycles. The van der Waals surface area contributed by atoms with Gasteiger partial charge in [-0.2, -0.15) is 0 Å². The molecule has 2 atom stereocenters. The zero-order valence-corrected chi connectivity index (χ0v) is 13.5. The van der Waals surface area contributed by atoms with Gasteiger partial charge in [0.25, 0.3) is 0 Å². The minimum atomic E-state index is -0.645. The average Bonchev–Trinajstić information content (AvgIpc) is 2.99. The highest BCUT2D eigenvalue weighted by Gasteiger charge is 2.43. The van der Waals surface area contributed by atoms with Crippen LogP contribution in [0.15, 0.2) is 11.8 Å². The van der Waals surface area contributed by atoms with Crippen LogP contribution in [0.3, 0.4) is 0 Å². The Bertz CT molecular complexity index is 343. The molecule has 0 amide bonds. The van der Waals surface area contributed by atoms with E-state index in [4.69, 9.17) is 4.74 Å². The summed E-state index contributed by atoms with van der Waals surface area (Å²) < 4.78 is 5.74. The predicted octanol–water partition coefficient (Wildman–Crippen LogP) is 4.96. The van der Waals surface area contributed by atoms with Crippen molar-refractivity contribution in [2.45, 2.75) is 89.1 Å². The molecule has 0 radical (unpaired) electrons. The number of hydrogen-bond donors (Lipinski definition) is 1. The Balaban J connectivity index is 1.68. The Morgan fingerprint density at radius 3 is 2.00 bits per heavy atom. The molecule has 0 spiro atoms. The third-order valence-corrected chi connectivity index (χ3v) is 5.81. The second kappa shape index (κ2) is 7.17. The van der Waals surface area contributed by atoms with Crippen molar-refractivity contribution in [3.63, 3.8) is 0 Å². The summed E-state index contributed by atoms with van der Waals surface area (Å²) in [4.78, 5) is 0. The van der Waals surface area contributed by atoms with E-state index in [0.717, 1.165) is 31.6 Å². The van der Waals surface area contributed by atoms with Crippen LogP contribution in [0.2, 0.25) is 0 Å². The number of hydrogen-bond acceptors (Lipinski definition) is 2. The van der Waals surface area contributed by atoms with Gasteiger partial charge in [0.15, 0.2) is 0 Å². The van der Waals surface area contributed by atoms with E-state index < -0.39 is 5.60 Å². The molecule has 0 saturated heterocycles. The van der Waals surface area contributed by atoms with E-state index in [-0.39, 0.29) is 0 Å². The van der Waals surface area contributed by atoms with Crippen LogP contribution in [0.1, 0.15) is 83.5 Å². The first-order valence-electron chi connectivity index (χ1n) is 9.32. The van der Waals surface area contributed by atoms with Crippen molar-refractivity contribution in [1.82, 2.24) is 0 Å². The molecule has 0 aromatic heterocycles. The minimum Gasteiger partial charge on any atom is -0.495 e. The molecule has 2 fully saturated rings. The molecule has 2 bridgehead atoms. The van der Waals surface area contributed by atoms with Crippen LogP contribution in [0, 0.1) is 11.8 Å². The topological polar surface area (TPSA) is 29.5 Å². The summed E-state index contributed by atoms with van der Waals surface area (Å²) in [5.41, 5.74) is -0.645. The Hall–Kier alpha value is -0.500. The lowest BCUT2D eigenvalue weighted by atomic mass is 9.68. The molecule has 1 N–H and O–H groups in total. The summed E-state index contributed by atoms with van der Waals surface area (Å²) in [5, 5.41) is 11.2. The van der Waals surface area contributed by atoms with Gasteiger partial charge in [0.05, 0.1) is 6.61 Å². The Kier molecular flexibility index (Phi) is 5.26. The summed E-state index contributed by atoms with van der Waals surface area (Å²) in [7, 11) is 0. The fourth-order valence-corrected chi connectivity index (χ4v) is 4.81. The molecule has 0 unspecified atom stereocenters. The molecule has 1 heterocycles. The maximum atomic E-state index is 11.2. The van der Waals surface area contributed by atoms with E-state index in [9.17, 15) is 5.11 Å². The first-order chi connectivity index (χ1) is 10.3. The van der Waals surface area contributed by atoms with Gasteiger partial charge in [-0.3, -0.25) is 0 Å². The standard InChI is InChI=1S/C19H32O2/c20-19(18-11-8-12-21-18)14-16-9-6-4-2-1-3-5-7-10-17(13-16)15-19/h11,16-17,20H,1-10,12-15H2/t16-,17-/m1/s1. The van der Waals surface area contributed by atoms with Crippen molar-refractivity contribution < 1.29 is 9.84 Å². The summed E-state index contributed by atoms with van der Waals surface area (Å²) in [6, 6.07) is 0. The van der Waals surface area contributed by atoms with Gasteiger partial charge < -0.3 is 9.84 Å². The van der Waals surface area contributed by atoms with E-state index >= 15 is 0 Å². The minimum absolute atomic E-state index is 0.645. The van der Waals surface area contributed by atoms with Crippen LogP contribution in [-0.2, 0) is 4.74 Å². The van der Waals surface area contributed by atoms with Gasteiger partial charge in [0, 0.05) is 6.42 Å². The summed E-state index contributed by atoms with van der Waals surface area (Å²) in [6.07, 6.45) is 18.7. The largest absolute Gasteiger partial charge is 0.495 e. The highest BCUT2D eigenvalue weighted by Crippen LogP contribution is 2.45. The third kappa shape index (κ3) is 4.03. The quantitative estimate of drug-likeness (QED) is 0.740. The van der Waals surface area contributed by atoms with Crippen molar-refractivity contribution in [2.24, 2.45) is 11.8 Å². The Morgan fingerprint density at radius 1 is 0.905 bits per heavy atom. The lowest BCUT2D eigenvalue weighted by Gasteiger charge is -2.41. The number of ether oxygens (including phenoxy) is 1. The van der Waals surface area contributed by atoms with Gasteiger partial charge in [0.1, 0.15) is 11.4 Å². The van der Waals surface area contributed by atoms with Crippen LogP contribution in [0.25, 0.3) is 0 Å². The van der Waals surface area contributed by atoms with E-state index in [1.54, 1.807) is 0 Å². The van der Waals surface area contributed by atoms with Crippen LogP contribution >= 0.6 is 0 Å². The van der Waals surface area contributed by atoms with Crippen LogP contribution in [0.4, 0.5) is 0 Å². The van der Waals surface area contributed by atoms with Gasteiger partial charge >= 0.3 is 0 Å². The second-order valence-electron chi connectivity index (χ2n) is 7.67. The van der Waals surface area contributed by atoms with Crippen LogP contribution in [-0.4, -0.2) is 17.3 Å². The van der Waals surface area contributed by atoms with E-state index in [1.807, 2.05) is 0 Å². The molecular formula is C19H32O2. The molecule has 3 aliphatic rings. The maximum Gasteiger partial charge on any atom is 0.124 e.